The van der Waals surface area contributed by atoms with E-state index < -0.39 is 202 Å². The maximum absolute atomic E-state index is 12.4. The van der Waals surface area contributed by atoms with Crippen molar-refractivity contribution in [1.29, 1.82) is 0 Å². The van der Waals surface area contributed by atoms with Crippen LogP contribution in [0.2, 0.25) is 0 Å². The van der Waals surface area contributed by atoms with Gasteiger partial charge in [0.15, 0.2) is 31.5 Å². The predicted molar refractivity (Wildman–Crippen MR) is 199 cm³/mol. The van der Waals surface area contributed by atoms with Gasteiger partial charge in [0.25, 0.3) is 0 Å². The highest BCUT2D eigenvalue weighted by Crippen LogP contribution is 2.35. The van der Waals surface area contributed by atoms with Crippen LogP contribution in [-0.2, 0) is 66.8 Å². The van der Waals surface area contributed by atoms with E-state index in [9.17, 15) is 88.9 Å². The molecule has 0 radical (unpaired) electrons. The molecule has 31 heteroatoms. The van der Waals surface area contributed by atoms with Gasteiger partial charge in [0.1, 0.15) is 116 Å². The second kappa shape index (κ2) is 22.6. The van der Waals surface area contributed by atoms with E-state index >= 15 is 0 Å². The van der Waals surface area contributed by atoms with Gasteiger partial charge in [-0.15, -0.1) is 0 Å². The number of aliphatic hydroxyl groups is 13. The molecule has 0 bridgehead atoms. The molecule has 25 atom stereocenters. The lowest BCUT2D eigenvalue weighted by Crippen LogP contribution is -2.69. The lowest BCUT2D eigenvalue weighted by atomic mass is 9.94. The minimum atomic E-state index is -5.24. The Labute approximate surface area is 368 Å². The first-order valence-corrected chi connectivity index (χ1v) is 21.5. The van der Waals surface area contributed by atoms with Crippen LogP contribution >= 0.6 is 0 Å². The Morgan fingerprint density at radius 1 is 0.508 bits per heavy atom. The molecule has 5 unspecified atom stereocenters. The fraction of sp³-hybridized carbons (Fsp3) is 0.941. The molecule has 0 saturated carbocycles. The van der Waals surface area contributed by atoms with Crippen molar-refractivity contribution in [3.63, 3.8) is 0 Å². The molecule has 30 nitrogen and oxygen atoms in total. The Kier molecular flexibility index (Phi) is 18.7. The normalized spacial score (nSPS) is 47.5. The molecule has 0 aromatic heterocycles. The maximum Gasteiger partial charge on any atom is 0.397 e. The van der Waals surface area contributed by atoms with E-state index in [1.807, 2.05) is 0 Å². The van der Waals surface area contributed by atoms with Crippen molar-refractivity contribution in [3.05, 3.63) is 0 Å². The van der Waals surface area contributed by atoms with Crippen molar-refractivity contribution in [2.75, 3.05) is 26.4 Å². The van der Waals surface area contributed by atoms with Crippen LogP contribution in [0.3, 0.4) is 0 Å². The molecule has 5 heterocycles. The van der Waals surface area contributed by atoms with E-state index in [0.717, 1.165) is 13.8 Å². The Balaban J connectivity index is 1.40. The van der Waals surface area contributed by atoms with E-state index in [2.05, 4.69) is 14.8 Å². The molecule has 0 spiro atoms. The first kappa shape index (κ1) is 53.9. The number of nitrogens with one attached hydrogen (secondary N) is 2. The third-order valence-electron chi connectivity index (χ3n) is 11.3. The highest BCUT2D eigenvalue weighted by molar-refractivity contribution is 7.80. The van der Waals surface area contributed by atoms with Crippen molar-refractivity contribution in [1.82, 2.24) is 10.6 Å². The summed E-state index contributed by atoms with van der Waals surface area (Å²) in [5.41, 5.74) is 0. The number of rotatable bonds is 16. The average molecular weight is 975 g/mol. The second-order valence-corrected chi connectivity index (χ2v) is 17.1. The summed E-state index contributed by atoms with van der Waals surface area (Å²) in [7, 11) is -5.24. The predicted octanol–water partition coefficient (Wildman–Crippen LogP) is -10.8. The number of hydrogen-bond acceptors (Lipinski definition) is 27. The largest absolute Gasteiger partial charge is 0.397 e. The molecule has 0 aromatic rings. The standard InChI is InChI=1S/C34H58N2O28S/c1-8-17(41)22(46)25(49)32(57-8)64-29-24(48)19(43)12(5-38)60-34(29)63-28-16(36-10(3)40)30(51)58-13(20(28)44)6-55-31-15(35-9(2)39)21(45)27(14(61-31)7-56-65(52,53)54)62-33-26(50)23(47)18(42)11(4-37)59-33/h8,11-34,37-38,41-51H,4-7H2,1-3H3,(H,35,39)(H,36,40)(H,52,53,54)/t8-,11+,12+,13+,14+,15+,16+,17+,18-,19-,20-,21+,22+,23-,24-,25-,26+,27+,28+,29+,30?,31?,32?,33?,34?/m0/s1. The summed E-state index contributed by atoms with van der Waals surface area (Å²) in [6, 6.07) is -3.43. The molecule has 65 heavy (non-hydrogen) atoms. The van der Waals surface area contributed by atoms with Gasteiger partial charge in [-0.05, 0) is 6.92 Å². The van der Waals surface area contributed by atoms with E-state index in [0.29, 0.717) is 0 Å². The molecule has 5 aliphatic rings. The summed E-state index contributed by atoms with van der Waals surface area (Å²) in [6.07, 6.45) is -42.7. The van der Waals surface area contributed by atoms with Crippen LogP contribution < -0.4 is 10.6 Å². The first-order chi connectivity index (χ1) is 30.4. The fourth-order valence-corrected chi connectivity index (χ4v) is 8.10. The Hall–Kier alpha value is -2.07. The van der Waals surface area contributed by atoms with Crippen LogP contribution in [0.5, 0.6) is 0 Å². The molecular weight excluding hydrogens is 916 g/mol. The first-order valence-electron chi connectivity index (χ1n) is 20.1. The molecule has 5 saturated heterocycles. The van der Waals surface area contributed by atoms with Crippen LogP contribution in [0.25, 0.3) is 0 Å². The number of amides is 2. The smallest absolute Gasteiger partial charge is 0.394 e. The second-order valence-electron chi connectivity index (χ2n) is 16.0. The van der Waals surface area contributed by atoms with Gasteiger partial charge >= 0.3 is 10.4 Å². The van der Waals surface area contributed by atoms with Gasteiger partial charge in [0, 0.05) is 13.8 Å². The quantitative estimate of drug-likeness (QED) is 0.0639. The SMILES string of the molecule is CC(=O)N[C@H]1C(OC[C@H]2OC(O)[C@H](NC(C)=O)[C@@H](OC3O[C@H](CO)[C@H](O)[C@H](O)[C@H]3OC3O[C@@H](C)[C@@H](O)[C@@H](O)[C@@H]3O)[C@H]2O)O[C@H](COS(=O)(=O)O)[C@@H](OC2O[C@H](CO)[C@H](O)[C@H](O)[C@H]2O)[C@@H]1O. The molecule has 0 aromatic carbocycles. The number of ether oxygens (including phenoxy) is 9. The number of carbonyl (C=O) groups excluding carboxylic acids is 2. The van der Waals surface area contributed by atoms with Gasteiger partial charge in [-0.3, -0.25) is 14.1 Å². The van der Waals surface area contributed by atoms with Crippen molar-refractivity contribution < 1.29 is 136 Å². The summed E-state index contributed by atoms with van der Waals surface area (Å²) in [5.74, 6) is -1.65. The molecule has 16 N–H and O–H groups in total. The zero-order valence-electron chi connectivity index (χ0n) is 34.6. The summed E-state index contributed by atoms with van der Waals surface area (Å²) >= 11 is 0. The van der Waals surface area contributed by atoms with E-state index in [1.54, 1.807) is 0 Å². The summed E-state index contributed by atoms with van der Waals surface area (Å²) in [5, 5.41) is 143. The van der Waals surface area contributed by atoms with Crippen LogP contribution in [0, 0.1) is 0 Å². The highest BCUT2D eigenvalue weighted by atomic mass is 32.3. The highest BCUT2D eigenvalue weighted by Gasteiger charge is 2.56. The minimum Gasteiger partial charge on any atom is -0.394 e. The number of carbonyl (C=O) groups is 2. The minimum absolute atomic E-state index is 0.809. The van der Waals surface area contributed by atoms with Crippen molar-refractivity contribution in [2.45, 2.75) is 174 Å². The number of aliphatic hydroxyl groups excluding tert-OH is 13. The van der Waals surface area contributed by atoms with Crippen molar-refractivity contribution >= 4 is 22.2 Å². The Bertz CT molecular complexity index is 1670. The van der Waals surface area contributed by atoms with Crippen LogP contribution in [0.15, 0.2) is 0 Å². The topological polar surface area (TPSA) is 468 Å². The van der Waals surface area contributed by atoms with Gasteiger partial charge < -0.3 is 120 Å². The van der Waals surface area contributed by atoms with Gasteiger partial charge in [-0.2, -0.15) is 8.42 Å². The molecule has 5 fully saturated rings. The lowest BCUT2D eigenvalue weighted by molar-refractivity contribution is -0.381. The summed E-state index contributed by atoms with van der Waals surface area (Å²) in [4.78, 5) is 24.7. The van der Waals surface area contributed by atoms with Gasteiger partial charge in [0.2, 0.25) is 11.8 Å². The zero-order valence-corrected chi connectivity index (χ0v) is 35.5. The molecule has 5 aliphatic heterocycles. The summed E-state index contributed by atoms with van der Waals surface area (Å²) < 4.78 is 87.9. The van der Waals surface area contributed by atoms with Crippen LogP contribution in [-0.4, -0.2) is 271 Å². The van der Waals surface area contributed by atoms with Crippen molar-refractivity contribution in [2.24, 2.45) is 0 Å². The number of hydrogen-bond donors (Lipinski definition) is 16. The monoisotopic (exact) mass is 974 g/mol. The van der Waals surface area contributed by atoms with Crippen LogP contribution in [0.1, 0.15) is 20.8 Å². The maximum atomic E-state index is 12.4. The van der Waals surface area contributed by atoms with E-state index in [1.165, 1.54) is 6.92 Å². The summed E-state index contributed by atoms with van der Waals surface area (Å²) in [6.45, 7) is -0.599. The van der Waals surface area contributed by atoms with Crippen LogP contribution in [0.4, 0.5) is 0 Å². The molecule has 2 amide bonds. The van der Waals surface area contributed by atoms with E-state index in [-0.39, 0.29) is 0 Å². The third-order valence-corrected chi connectivity index (χ3v) is 11.7. The molecular formula is C34H58N2O28S. The van der Waals surface area contributed by atoms with Gasteiger partial charge in [-0.1, -0.05) is 0 Å². The average Bonchev–Trinajstić information content (AvgIpc) is 3.24. The van der Waals surface area contributed by atoms with E-state index in [4.69, 9.17) is 42.6 Å². The third kappa shape index (κ3) is 12.6. The molecule has 378 valence electrons. The molecule has 0 aliphatic carbocycles. The lowest BCUT2D eigenvalue weighted by Gasteiger charge is -2.49. The Morgan fingerprint density at radius 2 is 1.00 bits per heavy atom. The Morgan fingerprint density at radius 3 is 1.57 bits per heavy atom. The van der Waals surface area contributed by atoms with Gasteiger partial charge in [0.05, 0.1) is 32.5 Å². The van der Waals surface area contributed by atoms with Gasteiger partial charge in [-0.25, -0.2) is 4.18 Å². The van der Waals surface area contributed by atoms with Crippen molar-refractivity contribution in [3.8, 4) is 0 Å². The fourth-order valence-electron chi connectivity index (χ4n) is 7.80. The molecule has 5 rings (SSSR count). The zero-order chi connectivity index (χ0) is 48.4.